The summed E-state index contributed by atoms with van der Waals surface area (Å²) in [6.45, 7) is 3.65. The molecule has 1 aliphatic heterocycles. The van der Waals surface area contributed by atoms with Gasteiger partial charge in [-0.2, -0.15) is 4.99 Å². The lowest BCUT2D eigenvalue weighted by Crippen LogP contribution is -2.54. The second-order valence-electron chi connectivity index (χ2n) is 4.60. The molecule has 1 aromatic carbocycles. The van der Waals surface area contributed by atoms with Crippen molar-refractivity contribution >= 4 is 23.6 Å². The van der Waals surface area contributed by atoms with Gasteiger partial charge in [-0.15, -0.1) is 0 Å². The van der Waals surface area contributed by atoms with E-state index in [9.17, 15) is 9.90 Å². The molecule has 0 fully saturated rings. The Hall–Kier alpha value is -2.57. The number of rotatable bonds is 2. The number of nitrogens with zero attached hydrogens (tertiary/aromatic N) is 3. The topological polar surface area (TPSA) is 120 Å². The summed E-state index contributed by atoms with van der Waals surface area (Å²) in [5.74, 6) is -0.905. The van der Waals surface area contributed by atoms with Crippen molar-refractivity contribution in [1.29, 1.82) is 0 Å². The molecule has 1 aliphatic rings. The molecule has 1 heterocycles. The van der Waals surface area contributed by atoms with Crippen LogP contribution in [0.4, 0.5) is 5.69 Å². The second kappa shape index (κ2) is 4.27. The summed E-state index contributed by atoms with van der Waals surface area (Å²) >= 11 is 0. The van der Waals surface area contributed by atoms with Crippen molar-refractivity contribution in [1.82, 2.24) is 0 Å². The number of hydrogen-bond acceptors (Lipinski definition) is 7. The number of aliphatic imine (C=N–C) groups is 2. The van der Waals surface area contributed by atoms with Gasteiger partial charge in [-0.1, -0.05) is 12.1 Å². The number of carboxylic acids is 1. The summed E-state index contributed by atoms with van der Waals surface area (Å²) in [6, 6.07) is 6.12. The van der Waals surface area contributed by atoms with Crippen LogP contribution in [0.1, 0.15) is 24.2 Å². The molecule has 4 N–H and O–H groups in total. The Morgan fingerprint density at radius 1 is 1.26 bits per heavy atom. The van der Waals surface area contributed by atoms with E-state index in [1.807, 2.05) is 13.8 Å². The predicted molar refractivity (Wildman–Crippen MR) is 70.6 cm³/mol. The molecule has 0 amide bonds. The zero-order valence-electron chi connectivity index (χ0n) is 10.6. The van der Waals surface area contributed by atoms with E-state index >= 15 is 0 Å². The van der Waals surface area contributed by atoms with Gasteiger partial charge in [-0.3, -0.25) is 4.90 Å². The molecule has 0 saturated carbocycles. The van der Waals surface area contributed by atoms with Crippen molar-refractivity contribution in [2.24, 2.45) is 21.5 Å². The number of guanidine groups is 2. The van der Waals surface area contributed by atoms with E-state index in [2.05, 4.69) is 9.98 Å². The van der Waals surface area contributed by atoms with Crippen LogP contribution in [0.2, 0.25) is 0 Å². The Kier molecular flexibility index (Phi) is 2.89. The molecule has 1 aromatic rings. The minimum Gasteiger partial charge on any atom is -0.545 e. The molecule has 0 aromatic heterocycles. The van der Waals surface area contributed by atoms with Crippen LogP contribution < -0.4 is 21.5 Å². The highest BCUT2D eigenvalue weighted by Gasteiger charge is 2.32. The molecule has 0 atom stereocenters. The molecule has 2 rings (SSSR count). The molecular formula is C12H14N5O2-. The molecule has 0 aliphatic carbocycles. The van der Waals surface area contributed by atoms with E-state index in [1.54, 1.807) is 17.0 Å². The van der Waals surface area contributed by atoms with Crippen LogP contribution in [0, 0.1) is 0 Å². The molecule has 0 radical (unpaired) electrons. The standard InChI is InChI=1S/C12H15N5O2/c1-12(2)16-10(13)15-11(14)17(12)8-5-3-7(4-6-8)9(18)19/h3-6H,1-2H3,(H,18,19)(H4,13,14,15,16)/p-1. The number of anilines is 1. The minimum absolute atomic E-state index is 0.0945. The summed E-state index contributed by atoms with van der Waals surface area (Å²) in [7, 11) is 0. The smallest absolute Gasteiger partial charge is 0.220 e. The Labute approximate surface area is 110 Å². The SMILES string of the molecule is CC1(C)N=C(N)N=C(N)N1c1ccc(C(=O)[O-])cc1. The van der Waals surface area contributed by atoms with E-state index in [4.69, 9.17) is 11.5 Å². The average Bonchev–Trinajstić information content (AvgIpc) is 2.26. The van der Waals surface area contributed by atoms with Gasteiger partial charge in [0, 0.05) is 5.69 Å². The van der Waals surface area contributed by atoms with Gasteiger partial charge in [0.25, 0.3) is 0 Å². The summed E-state index contributed by atoms with van der Waals surface area (Å²) < 4.78 is 0. The number of carboxylic acid groups (broad SMARTS) is 1. The monoisotopic (exact) mass is 260 g/mol. The average molecular weight is 260 g/mol. The maximum Gasteiger partial charge on any atom is 0.220 e. The Bertz CT molecular complexity index is 574. The first-order chi connectivity index (χ1) is 8.81. The third-order valence-corrected chi connectivity index (χ3v) is 2.75. The fourth-order valence-electron chi connectivity index (χ4n) is 2.00. The molecule has 0 bridgehead atoms. The normalized spacial score (nSPS) is 17.7. The second-order valence-corrected chi connectivity index (χ2v) is 4.60. The van der Waals surface area contributed by atoms with Gasteiger partial charge in [0.1, 0.15) is 5.66 Å². The van der Waals surface area contributed by atoms with Gasteiger partial charge < -0.3 is 21.4 Å². The summed E-state index contributed by atoms with van der Waals surface area (Å²) in [5.41, 5.74) is 11.5. The molecule has 100 valence electrons. The molecule has 0 saturated heterocycles. The van der Waals surface area contributed by atoms with Gasteiger partial charge in [0.05, 0.1) is 5.97 Å². The Balaban J connectivity index is 2.41. The first kappa shape index (κ1) is 12.9. The molecule has 19 heavy (non-hydrogen) atoms. The lowest BCUT2D eigenvalue weighted by atomic mass is 10.1. The van der Waals surface area contributed by atoms with Crippen molar-refractivity contribution in [3.8, 4) is 0 Å². The van der Waals surface area contributed by atoms with Crippen LogP contribution in [0.3, 0.4) is 0 Å². The number of nitrogens with two attached hydrogens (primary N) is 2. The first-order valence-corrected chi connectivity index (χ1v) is 5.62. The van der Waals surface area contributed by atoms with Crippen molar-refractivity contribution in [2.45, 2.75) is 19.5 Å². The lowest BCUT2D eigenvalue weighted by molar-refractivity contribution is -0.255. The van der Waals surface area contributed by atoms with Crippen LogP contribution in [-0.4, -0.2) is 23.6 Å². The number of aromatic carboxylic acids is 1. The molecule has 0 unspecified atom stereocenters. The number of carbonyl (C=O) groups is 1. The predicted octanol–water partition coefficient (Wildman–Crippen LogP) is -0.764. The van der Waals surface area contributed by atoms with Gasteiger partial charge in [-0.05, 0) is 31.5 Å². The summed E-state index contributed by atoms with van der Waals surface area (Å²) in [5, 5.41) is 10.7. The van der Waals surface area contributed by atoms with Crippen LogP contribution in [0.5, 0.6) is 0 Å². The third kappa shape index (κ3) is 2.35. The first-order valence-electron chi connectivity index (χ1n) is 5.62. The van der Waals surface area contributed by atoms with Gasteiger partial charge in [0.2, 0.25) is 11.9 Å². The summed E-state index contributed by atoms with van der Waals surface area (Å²) in [4.78, 5) is 20.5. The number of hydrogen-bond donors (Lipinski definition) is 2. The van der Waals surface area contributed by atoms with Crippen LogP contribution in [0.15, 0.2) is 34.3 Å². The highest BCUT2D eigenvalue weighted by atomic mass is 16.4. The largest absolute Gasteiger partial charge is 0.545 e. The fraction of sp³-hybridized carbons (Fsp3) is 0.250. The minimum atomic E-state index is -1.23. The van der Waals surface area contributed by atoms with Crippen molar-refractivity contribution in [2.75, 3.05) is 4.90 Å². The van der Waals surface area contributed by atoms with Gasteiger partial charge in [-0.25, -0.2) is 4.99 Å². The van der Waals surface area contributed by atoms with E-state index in [-0.39, 0.29) is 17.5 Å². The van der Waals surface area contributed by atoms with E-state index < -0.39 is 11.6 Å². The highest BCUT2D eigenvalue weighted by Crippen LogP contribution is 2.27. The van der Waals surface area contributed by atoms with Gasteiger partial charge >= 0.3 is 0 Å². The third-order valence-electron chi connectivity index (χ3n) is 2.75. The van der Waals surface area contributed by atoms with E-state index in [0.29, 0.717) is 5.69 Å². The Morgan fingerprint density at radius 3 is 2.32 bits per heavy atom. The number of benzene rings is 1. The van der Waals surface area contributed by atoms with Crippen LogP contribution in [0.25, 0.3) is 0 Å². The zero-order valence-corrected chi connectivity index (χ0v) is 10.6. The lowest BCUT2D eigenvalue weighted by Gasteiger charge is -2.38. The van der Waals surface area contributed by atoms with Crippen molar-refractivity contribution in [3.05, 3.63) is 29.8 Å². The van der Waals surface area contributed by atoms with E-state index in [1.165, 1.54) is 12.1 Å². The van der Waals surface area contributed by atoms with Crippen molar-refractivity contribution < 1.29 is 9.90 Å². The van der Waals surface area contributed by atoms with E-state index in [0.717, 1.165) is 0 Å². The van der Waals surface area contributed by atoms with Crippen LogP contribution >= 0.6 is 0 Å². The van der Waals surface area contributed by atoms with Crippen molar-refractivity contribution in [3.63, 3.8) is 0 Å². The fourth-order valence-corrected chi connectivity index (χ4v) is 2.00. The molecule has 0 spiro atoms. The summed E-state index contributed by atoms with van der Waals surface area (Å²) in [6.07, 6.45) is 0. The van der Waals surface area contributed by atoms with Gasteiger partial charge in [0.15, 0.2) is 0 Å². The number of carbonyl (C=O) groups excluding carboxylic acids is 1. The molecular weight excluding hydrogens is 246 g/mol. The zero-order chi connectivity index (χ0) is 14.2. The molecule has 7 heteroatoms. The highest BCUT2D eigenvalue weighted by molar-refractivity contribution is 6.05. The maximum absolute atomic E-state index is 10.7. The molecule has 7 nitrogen and oxygen atoms in total. The quantitative estimate of drug-likeness (QED) is 0.723. The van der Waals surface area contributed by atoms with Crippen LogP contribution in [-0.2, 0) is 0 Å². The Morgan fingerprint density at radius 2 is 1.84 bits per heavy atom. The maximum atomic E-state index is 10.7.